The fraction of sp³-hybridized carbons (Fsp3) is 0.923. The molecule has 0 rings (SSSR count). The van der Waals surface area contributed by atoms with Gasteiger partial charge in [-0.05, 0) is 6.42 Å². The van der Waals surface area contributed by atoms with Gasteiger partial charge in [-0.15, -0.1) is 0 Å². The summed E-state index contributed by atoms with van der Waals surface area (Å²) in [5.41, 5.74) is 0. The maximum Gasteiger partial charge on any atom is 0.220 e. The molecule has 0 radical (unpaired) electrons. The molecule has 0 fully saturated rings. The van der Waals surface area contributed by atoms with Crippen LogP contribution in [0, 0.1) is 11.1 Å². The Bertz CT molecular complexity index is 280. The molecule has 0 saturated heterocycles. The SMILES string of the molecule is CCCCCCCC(=O)NCC(C(C)C)/[N+]([O-])=N/O. The number of nitrogens with zero attached hydrogens (tertiary/aromatic N) is 2. The summed E-state index contributed by atoms with van der Waals surface area (Å²) in [5.74, 6) is -0.0493. The van der Waals surface area contributed by atoms with E-state index in [2.05, 4.69) is 17.5 Å². The zero-order chi connectivity index (χ0) is 14.7. The Morgan fingerprint density at radius 3 is 2.47 bits per heavy atom. The molecule has 2 N–H and O–H groups in total. The Morgan fingerprint density at radius 2 is 1.95 bits per heavy atom. The van der Waals surface area contributed by atoms with Crippen LogP contribution in [0.4, 0.5) is 0 Å². The van der Waals surface area contributed by atoms with Gasteiger partial charge in [-0.2, -0.15) is 0 Å². The zero-order valence-electron chi connectivity index (χ0n) is 12.3. The molecule has 112 valence electrons. The van der Waals surface area contributed by atoms with Gasteiger partial charge in [0.1, 0.15) is 0 Å². The van der Waals surface area contributed by atoms with Gasteiger partial charge in [0.05, 0.1) is 6.54 Å². The van der Waals surface area contributed by atoms with Crippen LogP contribution in [0.25, 0.3) is 0 Å². The molecule has 19 heavy (non-hydrogen) atoms. The fourth-order valence-corrected chi connectivity index (χ4v) is 1.83. The van der Waals surface area contributed by atoms with Crippen LogP contribution in [0.3, 0.4) is 0 Å². The first kappa shape index (κ1) is 17.7. The smallest absolute Gasteiger partial charge is 0.220 e. The van der Waals surface area contributed by atoms with Crippen molar-refractivity contribution in [3.63, 3.8) is 0 Å². The summed E-state index contributed by atoms with van der Waals surface area (Å²) in [6, 6.07) is -0.533. The van der Waals surface area contributed by atoms with Crippen LogP contribution in [-0.2, 0) is 4.79 Å². The van der Waals surface area contributed by atoms with Crippen LogP contribution in [-0.4, -0.2) is 28.6 Å². The van der Waals surface area contributed by atoms with E-state index in [0.717, 1.165) is 19.3 Å². The highest BCUT2D eigenvalue weighted by atomic mass is 16.6. The van der Waals surface area contributed by atoms with Gasteiger partial charge in [-0.3, -0.25) is 4.79 Å². The van der Waals surface area contributed by atoms with E-state index in [1.54, 1.807) is 0 Å². The van der Waals surface area contributed by atoms with E-state index in [-0.39, 0.29) is 23.2 Å². The standard InChI is InChI=1S/C13H27N3O3/c1-4-5-6-7-8-9-13(17)14-10-12(11(2)3)16(19)15-18/h11-12,18H,4-10H2,1-3H3,(H,14,17)/b16-15-. The first-order chi connectivity index (χ1) is 9.02. The molecule has 1 amide bonds. The summed E-state index contributed by atoms with van der Waals surface area (Å²) < 4.78 is 0. The Labute approximate surface area is 115 Å². The van der Waals surface area contributed by atoms with Crippen molar-refractivity contribution in [3.05, 3.63) is 5.21 Å². The van der Waals surface area contributed by atoms with Crippen LogP contribution >= 0.6 is 0 Å². The second-order valence-corrected chi connectivity index (χ2v) is 5.17. The van der Waals surface area contributed by atoms with Crippen molar-refractivity contribution in [1.82, 2.24) is 5.32 Å². The number of hydroxylamine groups is 1. The van der Waals surface area contributed by atoms with Crippen molar-refractivity contribution >= 4 is 5.91 Å². The van der Waals surface area contributed by atoms with Crippen LogP contribution in [0.2, 0.25) is 0 Å². The topological polar surface area (TPSA) is 87.8 Å². The van der Waals surface area contributed by atoms with Crippen LogP contribution in [0.1, 0.15) is 59.3 Å². The second-order valence-electron chi connectivity index (χ2n) is 5.17. The van der Waals surface area contributed by atoms with Gasteiger partial charge in [0.25, 0.3) is 0 Å². The molecule has 1 unspecified atom stereocenters. The molecule has 0 aliphatic rings. The van der Waals surface area contributed by atoms with Gasteiger partial charge in [0, 0.05) is 12.3 Å². The third kappa shape index (κ3) is 8.40. The van der Waals surface area contributed by atoms with Gasteiger partial charge >= 0.3 is 0 Å². The molecule has 0 bridgehead atoms. The average Bonchev–Trinajstić information content (AvgIpc) is 2.37. The molecule has 0 aliphatic carbocycles. The number of rotatable bonds is 10. The van der Waals surface area contributed by atoms with E-state index in [0.29, 0.717) is 6.42 Å². The monoisotopic (exact) mass is 273 g/mol. The van der Waals surface area contributed by atoms with E-state index >= 15 is 0 Å². The van der Waals surface area contributed by atoms with E-state index in [1.165, 1.54) is 12.8 Å². The van der Waals surface area contributed by atoms with Gasteiger partial charge in [0.2, 0.25) is 11.9 Å². The van der Waals surface area contributed by atoms with Gasteiger partial charge in [0.15, 0.2) is 5.28 Å². The molecule has 0 aromatic carbocycles. The highest BCUT2D eigenvalue weighted by Crippen LogP contribution is 2.07. The highest BCUT2D eigenvalue weighted by Gasteiger charge is 2.23. The van der Waals surface area contributed by atoms with Crippen molar-refractivity contribution in [2.45, 2.75) is 65.3 Å². The number of hydrogen-bond donors (Lipinski definition) is 2. The Balaban J connectivity index is 3.87. The maximum absolute atomic E-state index is 11.6. The minimum absolute atomic E-state index is 0.00162. The van der Waals surface area contributed by atoms with E-state index in [4.69, 9.17) is 5.21 Å². The van der Waals surface area contributed by atoms with E-state index < -0.39 is 6.04 Å². The Morgan fingerprint density at radius 1 is 1.32 bits per heavy atom. The second kappa shape index (κ2) is 10.6. The predicted molar refractivity (Wildman–Crippen MR) is 72.9 cm³/mol. The number of unbranched alkanes of at least 4 members (excludes halogenated alkanes) is 4. The Hall–Kier alpha value is -1.33. The van der Waals surface area contributed by atoms with Crippen molar-refractivity contribution < 1.29 is 14.9 Å². The third-order valence-electron chi connectivity index (χ3n) is 3.16. The average molecular weight is 273 g/mol. The number of carbonyl (C=O) groups excluding carboxylic acids is 1. The van der Waals surface area contributed by atoms with E-state index in [1.807, 2.05) is 13.8 Å². The van der Waals surface area contributed by atoms with Crippen molar-refractivity contribution in [3.8, 4) is 0 Å². The molecule has 6 nitrogen and oxygen atoms in total. The summed E-state index contributed by atoms with van der Waals surface area (Å²) in [5, 5.41) is 25.0. The predicted octanol–water partition coefficient (Wildman–Crippen LogP) is 2.84. The minimum atomic E-state index is -0.533. The molecule has 0 saturated carbocycles. The molecule has 0 aromatic rings. The third-order valence-corrected chi connectivity index (χ3v) is 3.16. The molecule has 0 spiro atoms. The number of hydrogen-bond acceptors (Lipinski definition) is 3. The van der Waals surface area contributed by atoms with Crippen LogP contribution < -0.4 is 5.32 Å². The first-order valence-electron chi connectivity index (χ1n) is 7.11. The molecule has 0 aromatic heterocycles. The summed E-state index contributed by atoms with van der Waals surface area (Å²) in [6.45, 7) is 6.05. The van der Waals surface area contributed by atoms with Gasteiger partial charge in [-0.1, -0.05) is 51.3 Å². The Kier molecular flexibility index (Phi) is 9.84. The minimum Gasteiger partial charge on any atom is -0.597 e. The zero-order valence-corrected chi connectivity index (χ0v) is 12.3. The normalized spacial score (nSPS) is 13.6. The summed E-state index contributed by atoms with van der Waals surface area (Å²) in [4.78, 5) is 11.8. The first-order valence-corrected chi connectivity index (χ1v) is 7.11. The molecule has 0 aliphatic heterocycles. The van der Waals surface area contributed by atoms with E-state index in [9.17, 15) is 10.0 Å². The molecule has 1 atom stereocenters. The van der Waals surface area contributed by atoms with Crippen molar-refractivity contribution in [1.29, 1.82) is 0 Å². The van der Waals surface area contributed by atoms with Crippen LogP contribution in [0.15, 0.2) is 5.28 Å². The lowest BCUT2D eigenvalue weighted by Crippen LogP contribution is -2.39. The lowest BCUT2D eigenvalue weighted by Gasteiger charge is -2.16. The lowest BCUT2D eigenvalue weighted by atomic mass is 10.1. The van der Waals surface area contributed by atoms with Crippen molar-refractivity contribution in [2.24, 2.45) is 11.2 Å². The maximum atomic E-state index is 11.6. The summed E-state index contributed by atoms with van der Waals surface area (Å²) in [7, 11) is 0. The van der Waals surface area contributed by atoms with Crippen LogP contribution in [0.5, 0.6) is 0 Å². The van der Waals surface area contributed by atoms with Crippen molar-refractivity contribution in [2.75, 3.05) is 6.54 Å². The molecular formula is C13H27N3O3. The largest absolute Gasteiger partial charge is 0.597 e. The molecule has 0 heterocycles. The summed E-state index contributed by atoms with van der Waals surface area (Å²) in [6.07, 6.45) is 5.99. The molecular weight excluding hydrogens is 246 g/mol. The number of nitrogens with one attached hydrogen (secondary N) is 1. The number of amides is 1. The summed E-state index contributed by atoms with van der Waals surface area (Å²) >= 11 is 0. The van der Waals surface area contributed by atoms with Gasteiger partial charge < -0.3 is 15.7 Å². The van der Waals surface area contributed by atoms with Gasteiger partial charge in [-0.25, -0.2) is 0 Å². The quantitative estimate of drug-likeness (QED) is 0.278. The fourth-order valence-electron chi connectivity index (χ4n) is 1.83. The lowest BCUT2D eigenvalue weighted by molar-refractivity contribution is -0.596. The molecule has 6 heteroatoms. The number of carbonyl (C=O) groups is 1. The highest BCUT2D eigenvalue weighted by molar-refractivity contribution is 5.75.